The SMILES string of the molecule is NC(=O)c1ccccc1N(C(=O)CN1CCC[C@H]1C(=O)O)c1ccc(Cl)cc1Cl. The Morgan fingerprint density at radius 2 is 1.86 bits per heavy atom. The molecule has 1 fully saturated rings. The van der Waals surface area contributed by atoms with Crippen LogP contribution in [0.3, 0.4) is 0 Å². The average Bonchev–Trinajstić information content (AvgIpc) is 3.12. The zero-order valence-corrected chi connectivity index (χ0v) is 16.9. The summed E-state index contributed by atoms with van der Waals surface area (Å²) in [5, 5.41) is 10.00. The second-order valence-electron chi connectivity index (χ2n) is 6.67. The fourth-order valence-corrected chi connectivity index (χ4v) is 3.97. The molecular formula is C20H19Cl2N3O4. The first kappa shape index (κ1) is 21.1. The smallest absolute Gasteiger partial charge is 0.320 e. The van der Waals surface area contributed by atoms with Crippen molar-refractivity contribution in [2.24, 2.45) is 5.73 Å². The molecule has 0 aliphatic carbocycles. The van der Waals surface area contributed by atoms with Gasteiger partial charge in [-0.15, -0.1) is 0 Å². The summed E-state index contributed by atoms with van der Waals surface area (Å²) in [7, 11) is 0. The first-order chi connectivity index (χ1) is 13.8. The number of benzene rings is 2. The molecule has 0 radical (unpaired) electrons. The van der Waals surface area contributed by atoms with E-state index in [0.717, 1.165) is 0 Å². The van der Waals surface area contributed by atoms with E-state index in [4.69, 9.17) is 28.9 Å². The number of nitrogens with zero attached hydrogens (tertiary/aromatic N) is 2. The summed E-state index contributed by atoms with van der Waals surface area (Å²) < 4.78 is 0. The van der Waals surface area contributed by atoms with E-state index in [0.29, 0.717) is 30.1 Å². The highest BCUT2D eigenvalue weighted by Gasteiger charge is 2.34. The Hall–Kier alpha value is -2.61. The number of carboxylic acid groups (broad SMARTS) is 1. The van der Waals surface area contributed by atoms with E-state index in [2.05, 4.69) is 0 Å². The lowest BCUT2D eigenvalue weighted by Crippen LogP contribution is -2.43. The van der Waals surface area contributed by atoms with Crippen molar-refractivity contribution in [1.29, 1.82) is 0 Å². The van der Waals surface area contributed by atoms with Crippen molar-refractivity contribution in [1.82, 2.24) is 4.90 Å². The summed E-state index contributed by atoms with van der Waals surface area (Å²) in [4.78, 5) is 39.6. The lowest BCUT2D eigenvalue weighted by atomic mass is 10.1. The molecule has 0 aromatic heterocycles. The first-order valence-electron chi connectivity index (χ1n) is 8.93. The Morgan fingerprint density at radius 3 is 2.52 bits per heavy atom. The van der Waals surface area contributed by atoms with Gasteiger partial charge >= 0.3 is 5.97 Å². The zero-order valence-electron chi connectivity index (χ0n) is 15.3. The third-order valence-electron chi connectivity index (χ3n) is 4.80. The molecule has 1 saturated heterocycles. The predicted octanol–water partition coefficient (Wildman–Crippen LogP) is 3.31. The zero-order chi connectivity index (χ0) is 21.1. The third-order valence-corrected chi connectivity index (χ3v) is 5.34. The Balaban J connectivity index is 2.05. The van der Waals surface area contributed by atoms with Crippen molar-refractivity contribution in [3.05, 3.63) is 58.1 Å². The van der Waals surface area contributed by atoms with E-state index in [1.165, 1.54) is 17.0 Å². The van der Waals surface area contributed by atoms with Crippen LogP contribution in [-0.2, 0) is 9.59 Å². The number of anilines is 2. The molecule has 0 bridgehead atoms. The van der Waals surface area contributed by atoms with Gasteiger partial charge in [0, 0.05) is 5.02 Å². The van der Waals surface area contributed by atoms with Crippen LogP contribution < -0.4 is 10.6 Å². The van der Waals surface area contributed by atoms with Crippen LogP contribution in [0.1, 0.15) is 23.2 Å². The molecule has 0 unspecified atom stereocenters. The molecular weight excluding hydrogens is 417 g/mol. The van der Waals surface area contributed by atoms with Gasteiger partial charge in [0.25, 0.3) is 5.91 Å². The quantitative estimate of drug-likeness (QED) is 0.723. The number of para-hydroxylation sites is 1. The van der Waals surface area contributed by atoms with E-state index >= 15 is 0 Å². The molecule has 152 valence electrons. The monoisotopic (exact) mass is 435 g/mol. The van der Waals surface area contributed by atoms with Crippen molar-refractivity contribution in [3.63, 3.8) is 0 Å². The minimum atomic E-state index is -0.969. The highest BCUT2D eigenvalue weighted by Crippen LogP contribution is 2.36. The van der Waals surface area contributed by atoms with Gasteiger partial charge in [0.05, 0.1) is 28.5 Å². The third kappa shape index (κ3) is 4.53. The molecule has 0 saturated carbocycles. The molecule has 1 aliphatic rings. The number of halogens is 2. The summed E-state index contributed by atoms with van der Waals surface area (Å²) in [5.41, 5.74) is 6.23. The predicted molar refractivity (Wildman–Crippen MR) is 111 cm³/mol. The van der Waals surface area contributed by atoms with Crippen LogP contribution in [-0.4, -0.2) is 46.9 Å². The number of carboxylic acids is 1. The molecule has 29 heavy (non-hydrogen) atoms. The highest BCUT2D eigenvalue weighted by molar-refractivity contribution is 6.37. The lowest BCUT2D eigenvalue weighted by molar-refractivity contribution is -0.142. The van der Waals surface area contributed by atoms with Crippen LogP contribution in [0.15, 0.2) is 42.5 Å². The van der Waals surface area contributed by atoms with Gasteiger partial charge in [0.15, 0.2) is 0 Å². The fourth-order valence-electron chi connectivity index (χ4n) is 3.48. The number of carbonyl (C=O) groups excluding carboxylic acids is 2. The number of aliphatic carboxylic acids is 1. The maximum absolute atomic E-state index is 13.3. The first-order valence-corrected chi connectivity index (χ1v) is 9.69. The number of amides is 2. The van der Waals surface area contributed by atoms with Crippen molar-refractivity contribution in [2.75, 3.05) is 18.0 Å². The molecule has 3 rings (SSSR count). The van der Waals surface area contributed by atoms with Gasteiger partial charge in [0.1, 0.15) is 6.04 Å². The van der Waals surface area contributed by atoms with E-state index in [-0.39, 0.29) is 22.8 Å². The Bertz CT molecular complexity index is 966. The van der Waals surface area contributed by atoms with E-state index in [1.807, 2.05) is 0 Å². The molecule has 9 heteroatoms. The van der Waals surface area contributed by atoms with Gasteiger partial charge < -0.3 is 10.8 Å². The maximum Gasteiger partial charge on any atom is 0.320 e. The average molecular weight is 436 g/mol. The number of likely N-dealkylation sites (tertiary alicyclic amines) is 1. The van der Waals surface area contributed by atoms with Crippen LogP contribution in [0.25, 0.3) is 0 Å². The number of carbonyl (C=O) groups is 3. The van der Waals surface area contributed by atoms with Gasteiger partial charge in [-0.3, -0.25) is 24.2 Å². The van der Waals surface area contributed by atoms with Crippen LogP contribution in [0, 0.1) is 0 Å². The topological polar surface area (TPSA) is 104 Å². The van der Waals surface area contributed by atoms with Crippen LogP contribution in [0.4, 0.5) is 11.4 Å². The lowest BCUT2D eigenvalue weighted by Gasteiger charge is -2.29. The molecule has 7 nitrogen and oxygen atoms in total. The fraction of sp³-hybridized carbons (Fsp3) is 0.250. The Labute approximate surface area is 177 Å². The highest BCUT2D eigenvalue weighted by atomic mass is 35.5. The van der Waals surface area contributed by atoms with E-state index < -0.39 is 23.8 Å². The van der Waals surface area contributed by atoms with Gasteiger partial charge in [-0.05, 0) is 49.7 Å². The Morgan fingerprint density at radius 1 is 1.14 bits per heavy atom. The minimum absolute atomic E-state index is 0.142. The van der Waals surface area contributed by atoms with Crippen molar-refractivity contribution >= 4 is 52.4 Å². The summed E-state index contributed by atoms with van der Waals surface area (Å²) in [5.74, 6) is -2.10. The van der Waals surface area contributed by atoms with Gasteiger partial charge in [-0.2, -0.15) is 0 Å². The minimum Gasteiger partial charge on any atom is -0.480 e. The van der Waals surface area contributed by atoms with Gasteiger partial charge in [0.2, 0.25) is 5.91 Å². The number of primary amides is 1. The second kappa shape index (κ2) is 8.82. The van der Waals surface area contributed by atoms with Crippen LogP contribution in [0.2, 0.25) is 10.0 Å². The van der Waals surface area contributed by atoms with E-state index in [1.54, 1.807) is 35.2 Å². The van der Waals surface area contributed by atoms with Crippen molar-refractivity contribution in [2.45, 2.75) is 18.9 Å². The number of hydrogen-bond donors (Lipinski definition) is 2. The molecule has 2 aromatic rings. The van der Waals surface area contributed by atoms with Crippen molar-refractivity contribution in [3.8, 4) is 0 Å². The number of nitrogens with two attached hydrogens (primary N) is 1. The molecule has 1 aliphatic heterocycles. The molecule has 1 heterocycles. The summed E-state index contributed by atoms with van der Waals surface area (Å²) >= 11 is 12.3. The standard InChI is InChI=1S/C20H19Cl2N3O4/c21-12-7-8-16(14(22)10-12)25(15-5-2-1-4-13(15)19(23)27)18(26)11-24-9-3-6-17(24)20(28)29/h1-2,4-5,7-8,10,17H,3,6,9,11H2,(H2,23,27)(H,28,29)/t17-/m0/s1. The number of rotatable bonds is 6. The molecule has 3 N–H and O–H groups in total. The summed E-state index contributed by atoms with van der Waals surface area (Å²) in [6, 6.07) is 10.3. The van der Waals surface area contributed by atoms with Crippen molar-refractivity contribution < 1.29 is 19.5 Å². The summed E-state index contributed by atoms with van der Waals surface area (Å²) in [6.07, 6.45) is 1.16. The normalized spacial score (nSPS) is 16.6. The molecule has 2 amide bonds. The molecule has 1 atom stereocenters. The van der Waals surface area contributed by atoms with Gasteiger partial charge in [-0.1, -0.05) is 35.3 Å². The summed E-state index contributed by atoms with van der Waals surface area (Å²) in [6.45, 7) is 0.339. The number of hydrogen-bond acceptors (Lipinski definition) is 4. The van der Waals surface area contributed by atoms with Crippen LogP contribution >= 0.6 is 23.2 Å². The van der Waals surface area contributed by atoms with Crippen LogP contribution in [0.5, 0.6) is 0 Å². The molecule has 0 spiro atoms. The largest absolute Gasteiger partial charge is 0.480 e. The molecule has 2 aromatic carbocycles. The Kier molecular flexibility index (Phi) is 6.42. The van der Waals surface area contributed by atoms with E-state index in [9.17, 15) is 19.5 Å². The maximum atomic E-state index is 13.3. The van der Waals surface area contributed by atoms with Gasteiger partial charge in [-0.25, -0.2) is 0 Å². The second-order valence-corrected chi connectivity index (χ2v) is 7.52.